The summed E-state index contributed by atoms with van der Waals surface area (Å²) < 4.78 is 59.6. The molecule has 0 aliphatic heterocycles. The van der Waals surface area contributed by atoms with Gasteiger partial charge in [-0.3, -0.25) is 0 Å². The Bertz CT molecular complexity index is 1490. The van der Waals surface area contributed by atoms with Crippen LogP contribution in [-0.4, -0.2) is 39.0 Å². The first-order valence-electron chi connectivity index (χ1n) is 7.56. The minimum atomic E-state index is -1.31. The molecule has 2 aromatic heterocycles. The molecule has 0 fully saturated rings. The van der Waals surface area contributed by atoms with E-state index in [4.69, 9.17) is 23.7 Å². The summed E-state index contributed by atoms with van der Waals surface area (Å²) in [5, 5.41) is 16.0. The molecule has 12 heteroatoms. The SMILES string of the molecule is [C-]#[N+]C([N+]#[C-])=c1nc2c(F)c3c(F)c4[se]c(=C(C#N)C#N)nc4c(F)c3c(F)c2[se]1. The van der Waals surface area contributed by atoms with Gasteiger partial charge in [0.2, 0.25) is 0 Å². The third-order valence-electron chi connectivity index (χ3n) is 4.04. The van der Waals surface area contributed by atoms with Gasteiger partial charge in [-0.15, -0.1) is 0 Å². The van der Waals surface area contributed by atoms with E-state index in [1.54, 1.807) is 12.1 Å². The standard InChI is InChI=1S/C18F4N6Se2/c1-25-16(26-2)18-28-13-9(20)7-6(11(22)15(13)30-18)8(19)12-14(10(7)21)29-17(27-12)5(3-23)4-24. The van der Waals surface area contributed by atoms with Crippen LogP contribution in [0.4, 0.5) is 17.6 Å². The van der Waals surface area contributed by atoms with E-state index in [1.807, 2.05) is 0 Å². The minimum absolute atomic E-state index is 0.129. The second-order valence-electron chi connectivity index (χ2n) is 5.55. The molecule has 0 bridgehead atoms. The molecule has 4 aromatic rings. The molecule has 0 amide bonds. The van der Waals surface area contributed by atoms with Gasteiger partial charge in [0.1, 0.15) is 0 Å². The Morgan fingerprint density at radius 1 is 0.767 bits per heavy atom. The number of nitriles is 2. The van der Waals surface area contributed by atoms with Gasteiger partial charge in [0.25, 0.3) is 0 Å². The van der Waals surface area contributed by atoms with Crippen LogP contribution in [0.25, 0.3) is 51.4 Å². The first-order valence-corrected chi connectivity index (χ1v) is 11.0. The molecule has 0 aliphatic carbocycles. The molecule has 0 unspecified atom stereocenters. The van der Waals surface area contributed by atoms with Crippen molar-refractivity contribution in [2.75, 3.05) is 0 Å². The predicted molar refractivity (Wildman–Crippen MR) is 98.8 cm³/mol. The summed E-state index contributed by atoms with van der Waals surface area (Å²) >= 11 is -2.20. The van der Waals surface area contributed by atoms with E-state index in [0.717, 1.165) is 0 Å². The van der Waals surface area contributed by atoms with E-state index in [1.165, 1.54) is 0 Å². The Hall–Kier alpha value is -3.50. The first kappa shape index (κ1) is 19.8. The number of fused-ring (bicyclic) bond motifs is 3. The zero-order chi connectivity index (χ0) is 21.7. The van der Waals surface area contributed by atoms with Crippen molar-refractivity contribution in [3.05, 3.63) is 54.5 Å². The van der Waals surface area contributed by atoms with Crippen molar-refractivity contribution >= 4 is 70.7 Å². The molecular formula is C18F4N6Se2. The number of hydrogen-bond acceptors (Lipinski definition) is 4. The van der Waals surface area contributed by atoms with Crippen molar-refractivity contribution in [1.29, 1.82) is 10.5 Å². The molecule has 4 rings (SSSR count). The van der Waals surface area contributed by atoms with Gasteiger partial charge in [0.15, 0.2) is 0 Å². The maximum atomic E-state index is 15.1. The quantitative estimate of drug-likeness (QED) is 0.196. The fourth-order valence-corrected chi connectivity index (χ4v) is 6.73. The van der Waals surface area contributed by atoms with Crippen molar-refractivity contribution in [3.8, 4) is 12.1 Å². The second kappa shape index (κ2) is 7.08. The summed E-state index contributed by atoms with van der Waals surface area (Å²) in [7, 11) is 0. The molecule has 0 saturated heterocycles. The fourth-order valence-electron chi connectivity index (χ4n) is 2.77. The van der Waals surface area contributed by atoms with Crippen molar-refractivity contribution in [1.82, 2.24) is 9.97 Å². The molecule has 2 heterocycles. The van der Waals surface area contributed by atoms with Gasteiger partial charge in [0.05, 0.1) is 0 Å². The maximum absolute atomic E-state index is 15.1. The Morgan fingerprint density at radius 2 is 1.20 bits per heavy atom. The van der Waals surface area contributed by atoms with Crippen LogP contribution in [0.1, 0.15) is 0 Å². The van der Waals surface area contributed by atoms with E-state index < -0.39 is 85.5 Å². The first-order chi connectivity index (χ1) is 14.4. The van der Waals surface area contributed by atoms with Crippen LogP contribution in [0.2, 0.25) is 0 Å². The predicted octanol–water partition coefficient (Wildman–Crippen LogP) is 1.71. The molecule has 30 heavy (non-hydrogen) atoms. The normalized spacial score (nSPS) is 10.5. The zero-order valence-electron chi connectivity index (χ0n) is 14.0. The van der Waals surface area contributed by atoms with E-state index in [-0.39, 0.29) is 17.0 Å². The molecule has 142 valence electrons. The van der Waals surface area contributed by atoms with Gasteiger partial charge in [-0.25, -0.2) is 0 Å². The topological polar surface area (TPSA) is 82.1 Å². The number of benzene rings is 2. The van der Waals surface area contributed by atoms with Crippen LogP contribution in [-0.2, 0) is 0 Å². The zero-order valence-corrected chi connectivity index (χ0v) is 17.4. The summed E-state index contributed by atoms with van der Waals surface area (Å²) in [5.41, 5.74) is -1.57. The average Bonchev–Trinajstić information content (AvgIpc) is 3.37. The number of aromatic nitrogens is 2. The average molecular weight is 534 g/mol. The van der Waals surface area contributed by atoms with Gasteiger partial charge in [-0.2, -0.15) is 0 Å². The monoisotopic (exact) mass is 536 g/mol. The Labute approximate surface area is 175 Å². The molecule has 2 aromatic carbocycles. The molecule has 0 atom stereocenters. The third-order valence-corrected chi connectivity index (χ3v) is 8.46. The van der Waals surface area contributed by atoms with Gasteiger partial charge < -0.3 is 0 Å². The van der Waals surface area contributed by atoms with E-state index >= 15 is 17.6 Å². The summed E-state index contributed by atoms with van der Waals surface area (Å²) in [4.78, 5) is 13.5. The Morgan fingerprint density at radius 3 is 1.63 bits per heavy atom. The van der Waals surface area contributed by atoms with Crippen molar-refractivity contribution < 1.29 is 17.6 Å². The molecule has 0 radical (unpaired) electrons. The molecule has 6 nitrogen and oxygen atoms in total. The molecular weight excluding hydrogens is 534 g/mol. The van der Waals surface area contributed by atoms with Gasteiger partial charge in [0, 0.05) is 0 Å². The van der Waals surface area contributed by atoms with E-state index in [2.05, 4.69) is 19.7 Å². The van der Waals surface area contributed by atoms with Crippen molar-refractivity contribution in [3.63, 3.8) is 0 Å². The number of hydrogen-bond donors (Lipinski definition) is 0. The summed E-state index contributed by atoms with van der Waals surface area (Å²) in [6, 6.07) is 3.15. The Balaban J connectivity index is 2.32. The molecule has 0 aliphatic rings. The number of nitrogens with zero attached hydrogens (tertiary/aromatic N) is 6. The van der Waals surface area contributed by atoms with Gasteiger partial charge in [-0.1, -0.05) is 0 Å². The van der Waals surface area contributed by atoms with Crippen LogP contribution < -0.4 is 8.45 Å². The fraction of sp³-hybridized carbons (Fsp3) is 0. The number of rotatable bonds is 0. The molecule has 0 saturated carbocycles. The second-order valence-corrected chi connectivity index (χ2v) is 9.74. The van der Waals surface area contributed by atoms with Crippen LogP contribution in [0, 0.1) is 59.1 Å². The number of halogens is 4. The molecule has 0 spiro atoms. The van der Waals surface area contributed by atoms with Crippen LogP contribution >= 0.6 is 0 Å². The summed E-state index contributed by atoms with van der Waals surface area (Å²) in [5.74, 6) is -5.57. The van der Waals surface area contributed by atoms with Crippen molar-refractivity contribution in [2.45, 2.75) is 0 Å². The molecule has 0 N–H and O–H groups in total. The van der Waals surface area contributed by atoms with Gasteiger partial charge >= 0.3 is 175 Å². The van der Waals surface area contributed by atoms with Gasteiger partial charge in [-0.05, 0) is 0 Å². The summed E-state index contributed by atoms with van der Waals surface area (Å²) in [6.45, 7) is 13.9. The van der Waals surface area contributed by atoms with E-state index in [0.29, 0.717) is 0 Å². The van der Waals surface area contributed by atoms with Crippen LogP contribution in [0.3, 0.4) is 0 Å². The van der Waals surface area contributed by atoms with E-state index in [9.17, 15) is 0 Å². The van der Waals surface area contributed by atoms with Crippen molar-refractivity contribution in [2.24, 2.45) is 0 Å². The Kier molecular flexibility index (Phi) is 4.67. The van der Waals surface area contributed by atoms with Crippen LogP contribution in [0.5, 0.6) is 0 Å². The van der Waals surface area contributed by atoms with Crippen LogP contribution in [0.15, 0.2) is 0 Å². The summed E-state index contributed by atoms with van der Waals surface area (Å²) in [6.07, 6.45) is 0. The third kappa shape index (κ3) is 2.57.